The fourth-order valence-electron chi connectivity index (χ4n) is 3.74. The highest BCUT2D eigenvalue weighted by atomic mass is 16.5. The summed E-state index contributed by atoms with van der Waals surface area (Å²) in [6.45, 7) is 6.16. The zero-order valence-electron chi connectivity index (χ0n) is 18.1. The van der Waals surface area contributed by atoms with Crippen molar-refractivity contribution < 1.29 is 9.53 Å². The van der Waals surface area contributed by atoms with Crippen LogP contribution in [-0.2, 0) is 6.54 Å². The second-order valence-electron chi connectivity index (χ2n) is 7.82. The summed E-state index contributed by atoms with van der Waals surface area (Å²) in [6, 6.07) is 17.0. The van der Waals surface area contributed by atoms with Gasteiger partial charge in [0.1, 0.15) is 11.4 Å². The van der Waals surface area contributed by atoms with Crippen LogP contribution in [0.5, 0.6) is 5.75 Å². The molecule has 0 amide bonds. The van der Waals surface area contributed by atoms with E-state index in [0.29, 0.717) is 23.1 Å². The molecule has 0 aliphatic rings. The van der Waals surface area contributed by atoms with Crippen molar-refractivity contribution in [2.24, 2.45) is 0 Å². The second kappa shape index (κ2) is 8.19. The molecule has 5 nitrogen and oxygen atoms in total. The van der Waals surface area contributed by atoms with Gasteiger partial charge in [0.25, 0.3) is 0 Å². The Morgan fingerprint density at radius 2 is 1.81 bits per heavy atom. The molecule has 0 unspecified atom stereocenters. The minimum absolute atomic E-state index is 0.148. The normalized spacial score (nSPS) is 11.0. The molecule has 0 radical (unpaired) electrons. The molecule has 0 saturated carbocycles. The molecule has 0 N–H and O–H groups in total. The first-order valence-electron chi connectivity index (χ1n) is 10.1. The summed E-state index contributed by atoms with van der Waals surface area (Å²) in [7, 11) is 1.62. The van der Waals surface area contributed by atoms with Crippen LogP contribution >= 0.6 is 0 Å². The zero-order valence-corrected chi connectivity index (χ0v) is 18.1. The van der Waals surface area contributed by atoms with Crippen molar-refractivity contribution in [2.75, 3.05) is 7.11 Å². The number of ether oxygens (including phenoxy) is 1. The number of carbonyl (C=O) groups is 1. The van der Waals surface area contributed by atoms with Crippen LogP contribution < -0.4 is 10.2 Å². The fraction of sp³-hybridized carbons (Fsp3) is 0.192. The van der Waals surface area contributed by atoms with Crippen LogP contribution in [0.4, 0.5) is 0 Å². The van der Waals surface area contributed by atoms with E-state index in [1.54, 1.807) is 25.4 Å². The van der Waals surface area contributed by atoms with E-state index in [2.05, 4.69) is 4.98 Å². The molecule has 31 heavy (non-hydrogen) atoms. The number of fused-ring (bicyclic) bond motifs is 1. The lowest BCUT2D eigenvalue weighted by molar-refractivity contribution is 0.103. The number of nitrogens with zero attached hydrogens (tertiary/aromatic N) is 2. The van der Waals surface area contributed by atoms with E-state index < -0.39 is 0 Å². The molecule has 0 saturated heterocycles. The first-order valence-corrected chi connectivity index (χ1v) is 10.1. The molecule has 5 heteroatoms. The lowest BCUT2D eigenvalue weighted by Crippen LogP contribution is -2.21. The van der Waals surface area contributed by atoms with Gasteiger partial charge in [-0.05, 0) is 62.2 Å². The Kier molecular flexibility index (Phi) is 5.42. The van der Waals surface area contributed by atoms with Crippen LogP contribution in [-0.4, -0.2) is 22.4 Å². The molecule has 0 bridgehead atoms. The quantitative estimate of drug-likeness (QED) is 0.449. The molecular weight excluding hydrogens is 388 g/mol. The number of hydrogen-bond acceptors (Lipinski definition) is 4. The predicted molar refractivity (Wildman–Crippen MR) is 122 cm³/mol. The largest absolute Gasteiger partial charge is 0.497 e. The van der Waals surface area contributed by atoms with E-state index in [-0.39, 0.29) is 16.8 Å². The van der Waals surface area contributed by atoms with Crippen molar-refractivity contribution >= 4 is 16.8 Å². The Labute approximate surface area is 181 Å². The van der Waals surface area contributed by atoms with Gasteiger partial charge in [-0.3, -0.25) is 9.59 Å². The summed E-state index contributed by atoms with van der Waals surface area (Å²) in [6.07, 6.45) is 1.64. The van der Waals surface area contributed by atoms with Crippen LogP contribution in [0, 0.1) is 20.8 Å². The van der Waals surface area contributed by atoms with Crippen LogP contribution in [0.2, 0.25) is 0 Å². The van der Waals surface area contributed by atoms with E-state index in [1.807, 2.05) is 67.8 Å². The van der Waals surface area contributed by atoms with E-state index in [0.717, 1.165) is 28.1 Å². The number of rotatable bonds is 5. The van der Waals surface area contributed by atoms with Crippen molar-refractivity contribution in [3.63, 3.8) is 0 Å². The van der Waals surface area contributed by atoms with Gasteiger partial charge in [-0.25, -0.2) is 4.98 Å². The van der Waals surface area contributed by atoms with Crippen molar-refractivity contribution in [1.82, 2.24) is 9.55 Å². The summed E-state index contributed by atoms with van der Waals surface area (Å²) in [5.74, 6) is 0.478. The van der Waals surface area contributed by atoms with Crippen LogP contribution in [0.3, 0.4) is 0 Å². The Morgan fingerprint density at radius 3 is 2.58 bits per heavy atom. The Balaban J connectivity index is 1.92. The van der Waals surface area contributed by atoms with Gasteiger partial charge in [-0.2, -0.15) is 0 Å². The minimum Gasteiger partial charge on any atom is -0.497 e. The first-order chi connectivity index (χ1) is 14.9. The predicted octanol–water partition coefficient (Wildman–Crippen LogP) is 4.61. The molecule has 0 aliphatic heterocycles. The third-order valence-corrected chi connectivity index (χ3v) is 5.43. The average Bonchev–Trinajstić information content (AvgIpc) is 2.77. The van der Waals surface area contributed by atoms with Crippen molar-refractivity contribution in [3.8, 4) is 5.75 Å². The molecular formula is C26H24N2O3. The summed E-state index contributed by atoms with van der Waals surface area (Å²) >= 11 is 0. The molecule has 2 heterocycles. The highest BCUT2D eigenvalue weighted by molar-refractivity contribution is 6.10. The maximum Gasteiger partial charge on any atom is 0.202 e. The number of carbonyl (C=O) groups excluding carboxylic acids is 1. The Bertz CT molecular complexity index is 1370. The minimum atomic E-state index is -0.296. The SMILES string of the molecule is COc1cccc(Cn2cc(C(=O)c3cc(C)ccc3C)c(=O)c3ccc(C)nc32)c1. The summed E-state index contributed by atoms with van der Waals surface area (Å²) in [5, 5.41) is 0.435. The van der Waals surface area contributed by atoms with Gasteiger partial charge in [0.15, 0.2) is 5.78 Å². The van der Waals surface area contributed by atoms with Gasteiger partial charge in [-0.1, -0.05) is 29.8 Å². The van der Waals surface area contributed by atoms with Crippen LogP contribution in [0.15, 0.2) is 65.6 Å². The number of aryl methyl sites for hydroxylation is 3. The fourth-order valence-corrected chi connectivity index (χ4v) is 3.74. The number of ketones is 1. The molecule has 2 aromatic heterocycles. The molecule has 4 rings (SSSR count). The highest BCUT2D eigenvalue weighted by Crippen LogP contribution is 2.19. The molecule has 0 aliphatic carbocycles. The monoisotopic (exact) mass is 412 g/mol. The molecule has 2 aromatic carbocycles. The Morgan fingerprint density at radius 1 is 1.00 bits per heavy atom. The van der Waals surface area contributed by atoms with Gasteiger partial charge < -0.3 is 9.30 Å². The van der Waals surface area contributed by atoms with E-state index in [4.69, 9.17) is 4.74 Å². The first kappa shape index (κ1) is 20.5. The van der Waals surface area contributed by atoms with Gasteiger partial charge in [-0.15, -0.1) is 0 Å². The van der Waals surface area contributed by atoms with Crippen LogP contribution in [0.25, 0.3) is 11.0 Å². The number of methoxy groups -OCH3 is 1. The Hall–Kier alpha value is -3.73. The van der Waals surface area contributed by atoms with Gasteiger partial charge in [0, 0.05) is 24.0 Å². The second-order valence-corrected chi connectivity index (χ2v) is 7.82. The maximum atomic E-state index is 13.4. The zero-order chi connectivity index (χ0) is 22.1. The standard InChI is InChI=1S/C26H24N2O3/c1-16-8-9-17(2)22(12-16)25(30)23-15-28(14-19-6-5-7-20(13-19)31-4)26-21(24(23)29)11-10-18(3)27-26/h5-13,15H,14H2,1-4H3. The lowest BCUT2D eigenvalue weighted by atomic mass is 9.97. The third-order valence-electron chi connectivity index (χ3n) is 5.43. The maximum absolute atomic E-state index is 13.4. The number of pyridine rings is 2. The molecule has 0 fully saturated rings. The van der Waals surface area contributed by atoms with Gasteiger partial charge in [0.2, 0.25) is 5.43 Å². The van der Waals surface area contributed by atoms with E-state index in [1.165, 1.54) is 0 Å². The molecule has 0 atom stereocenters. The molecule has 156 valence electrons. The van der Waals surface area contributed by atoms with Gasteiger partial charge >= 0.3 is 0 Å². The van der Waals surface area contributed by atoms with Crippen molar-refractivity contribution in [1.29, 1.82) is 0 Å². The lowest BCUT2D eigenvalue weighted by Gasteiger charge is -2.14. The van der Waals surface area contributed by atoms with Crippen molar-refractivity contribution in [2.45, 2.75) is 27.3 Å². The van der Waals surface area contributed by atoms with Gasteiger partial charge in [0.05, 0.1) is 18.1 Å². The topological polar surface area (TPSA) is 61.2 Å². The summed E-state index contributed by atoms with van der Waals surface area (Å²) < 4.78 is 7.21. The van der Waals surface area contributed by atoms with Crippen molar-refractivity contribution in [3.05, 3.63) is 105 Å². The highest BCUT2D eigenvalue weighted by Gasteiger charge is 2.19. The summed E-state index contributed by atoms with van der Waals surface area (Å²) in [4.78, 5) is 31.3. The third kappa shape index (κ3) is 3.99. The molecule has 4 aromatic rings. The smallest absolute Gasteiger partial charge is 0.202 e. The average molecular weight is 412 g/mol. The summed E-state index contributed by atoms with van der Waals surface area (Å²) in [5.41, 5.74) is 4.57. The van der Waals surface area contributed by atoms with Crippen LogP contribution in [0.1, 0.15) is 38.3 Å². The number of benzene rings is 2. The molecule has 0 spiro atoms. The van der Waals surface area contributed by atoms with E-state index in [9.17, 15) is 9.59 Å². The number of hydrogen-bond donors (Lipinski definition) is 0. The number of aromatic nitrogens is 2. The van der Waals surface area contributed by atoms with E-state index >= 15 is 0 Å².